The van der Waals surface area contributed by atoms with Crippen LogP contribution in [0.15, 0.2) is 29.8 Å². The van der Waals surface area contributed by atoms with Crippen LogP contribution in [0.1, 0.15) is 30.6 Å². The Balaban J connectivity index is 1.73. The van der Waals surface area contributed by atoms with Crippen molar-refractivity contribution in [1.29, 1.82) is 0 Å². The van der Waals surface area contributed by atoms with Crippen LogP contribution in [0.4, 0.5) is 0 Å². The van der Waals surface area contributed by atoms with E-state index in [1.165, 1.54) is 16.8 Å². The fourth-order valence-electron chi connectivity index (χ4n) is 6.05. The van der Waals surface area contributed by atoms with Crippen molar-refractivity contribution in [2.24, 2.45) is 11.8 Å². The van der Waals surface area contributed by atoms with Crippen molar-refractivity contribution in [1.82, 2.24) is 4.98 Å². The van der Waals surface area contributed by atoms with Gasteiger partial charge in [-0.25, -0.2) is 0 Å². The molecule has 2 aromatic rings. The molecule has 0 radical (unpaired) electrons. The van der Waals surface area contributed by atoms with Crippen molar-refractivity contribution < 1.29 is 14.7 Å². The van der Waals surface area contributed by atoms with E-state index in [-0.39, 0.29) is 6.61 Å². The van der Waals surface area contributed by atoms with Gasteiger partial charge in [-0.3, -0.25) is 0 Å². The highest BCUT2D eigenvalue weighted by molar-refractivity contribution is 5.86. The maximum Gasteiger partial charge on any atom is 0.131 e. The summed E-state index contributed by atoms with van der Waals surface area (Å²) in [6, 6.07) is 6.58. The molecule has 24 heavy (non-hydrogen) atoms. The number of piperidine rings is 3. The second-order valence-electron chi connectivity index (χ2n) is 8.09. The van der Waals surface area contributed by atoms with Crippen molar-refractivity contribution in [3.63, 3.8) is 0 Å². The minimum Gasteiger partial charge on any atom is -0.508 e. The smallest absolute Gasteiger partial charge is 0.131 e. The number of nitrogens with zero attached hydrogens (tertiary/aromatic N) is 1. The van der Waals surface area contributed by atoms with Gasteiger partial charge in [-0.05, 0) is 36.3 Å². The predicted molar refractivity (Wildman–Crippen MR) is 93.7 cm³/mol. The molecule has 3 N–H and O–H groups in total. The lowest BCUT2D eigenvalue weighted by molar-refractivity contribution is -0.978. The van der Waals surface area contributed by atoms with Gasteiger partial charge in [0, 0.05) is 35.6 Å². The minimum atomic E-state index is 0.274. The molecule has 6 rings (SSSR count). The topological polar surface area (TPSA) is 56.2 Å². The number of benzene rings is 1. The van der Waals surface area contributed by atoms with E-state index in [9.17, 15) is 10.2 Å². The molecule has 3 saturated heterocycles. The zero-order chi connectivity index (χ0) is 16.6. The summed E-state index contributed by atoms with van der Waals surface area (Å²) in [5.41, 5.74) is 5.39. The molecule has 3 fully saturated rings. The molecular weight excluding hydrogens is 300 g/mol. The number of quaternary nitrogens is 1. The number of rotatable bonds is 1. The minimum absolute atomic E-state index is 0.274. The van der Waals surface area contributed by atoms with Crippen molar-refractivity contribution in [3.8, 4) is 5.75 Å². The fourth-order valence-corrected chi connectivity index (χ4v) is 6.05. The van der Waals surface area contributed by atoms with Gasteiger partial charge in [-0.15, -0.1) is 0 Å². The van der Waals surface area contributed by atoms with E-state index in [0.717, 1.165) is 34.8 Å². The molecule has 0 saturated carbocycles. The number of nitrogens with one attached hydrogen (secondary N) is 1. The van der Waals surface area contributed by atoms with Crippen molar-refractivity contribution in [2.75, 3.05) is 20.2 Å². The molecule has 1 aromatic carbocycles. The van der Waals surface area contributed by atoms with Gasteiger partial charge in [0.05, 0.1) is 25.4 Å². The lowest BCUT2D eigenvalue weighted by Crippen LogP contribution is -2.70. The summed E-state index contributed by atoms with van der Waals surface area (Å²) in [5, 5.41) is 21.2. The zero-order valence-corrected chi connectivity index (χ0v) is 14.3. The molecular formula is C20H25N2O2+. The van der Waals surface area contributed by atoms with Gasteiger partial charge in [0.25, 0.3) is 0 Å². The molecule has 126 valence electrons. The molecule has 0 spiro atoms. The fraction of sp³-hybridized carbons (Fsp3) is 0.500. The average molecular weight is 325 g/mol. The summed E-state index contributed by atoms with van der Waals surface area (Å²) in [6.45, 7) is 3.52. The van der Waals surface area contributed by atoms with E-state index < -0.39 is 0 Å². The van der Waals surface area contributed by atoms with Gasteiger partial charge in [0.2, 0.25) is 0 Å². The maximum absolute atomic E-state index is 10.1. The lowest BCUT2D eigenvalue weighted by atomic mass is 9.62. The number of aromatic amines is 1. The van der Waals surface area contributed by atoms with Gasteiger partial charge >= 0.3 is 0 Å². The van der Waals surface area contributed by atoms with Crippen LogP contribution in [-0.2, 0) is 6.42 Å². The Labute approximate surface area is 142 Å². The first-order valence-electron chi connectivity index (χ1n) is 9.01. The molecule has 5 atom stereocenters. The van der Waals surface area contributed by atoms with E-state index in [0.29, 0.717) is 29.7 Å². The lowest BCUT2D eigenvalue weighted by Gasteiger charge is -2.62. The molecule has 1 aromatic heterocycles. The molecule has 4 aliphatic rings. The third-order valence-corrected chi connectivity index (χ3v) is 7.21. The first-order chi connectivity index (χ1) is 11.6. The summed E-state index contributed by atoms with van der Waals surface area (Å²) in [7, 11) is 2.38. The van der Waals surface area contributed by atoms with Crippen LogP contribution in [0.2, 0.25) is 0 Å². The molecule has 5 heterocycles. The number of hydrogen-bond acceptors (Lipinski definition) is 2. The maximum atomic E-state index is 10.1. The Morgan fingerprint density at radius 3 is 2.96 bits per heavy atom. The van der Waals surface area contributed by atoms with Gasteiger partial charge in [-0.2, -0.15) is 0 Å². The second kappa shape index (κ2) is 4.64. The van der Waals surface area contributed by atoms with Crippen molar-refractivity contribution >= 4 is 10.9 Å². The Morgan fingerprint density at radius 1 is 1.38 bits per heavy atom. The zero-order valence-electron chi connectivity index (χ0n) is 14.3. The molecule has 4 aliphatic heterocycles. The molecule has 0 aliphatic carbocycles. The van der Waals surface area contributed by atoms with Crippen LogP contribution in [0.3, 0.4) is 0 Å². The van der Waals surface area contributed by atoms with E-state index in [4.69, 9.17) is 0 Å². The van der Waals surface area contributed by atoms with E-state index >= 15 is 0 Å². The largest absolute Gasteiger partial charge is 0.508 e. The number of hydrogen-bond donors (Lipinski definition) is 3. The Bertz CT molecular complexity index is 868. The first-order valence-corrected chi connectivity index (χ1v) is 9.01. The highest BCUT2D eigenvalue weighted by atomic mass is 16.3. The Hall–Kier alpha value is -1.78. The summed E-state index contributed by atoms with van der Waals surface area (Å²) < 4.78 is 1.02. The normalized spacial score (nSPS) is 38.7. The number of aromatic nitrogens is 1. The highest BCUT2D eigenvalue weighted by Crippen LogP contribution is 2.57. The van der Waals surface area contributed by atoms with E-state index in [1.807, 2.05) is 12.1 Å². The number of phenolic OH excluding ortho intramolecular Hbond substituents is 1. The third kappa shape index (κ3) is 1.60. The van der Waals surface area contributed by atoms with Crippen molar-refractivity contribution in [3.05, 3.63) is 41.1 Å². The van der Waals surface area contributed by atoms with Gasteiger partial charge in [0.1, 0.15) is 18.3 Å². The van der Waals surface area contributed by atoms with Crippen molar-refractivity contribution in [2.45, 2.75) is 31.8 Å². The van der Waals surface area contributed by atoms with E-state index in [2.05, 4.69) is 25.0 Å². The molecule has 4 bridgehead atoms. The van der Waals surface area contributed by atoms with Crippen LogP contribution < -0.4 is 0 Å². The molecule has 0 amide bonds. The van der Waals surface area contributed by atoms with Crippen LogP contribution in [0.25, 0.3) is 10.9 Å². The summed E-state index contributed by atoms with van der Waals surface area (Å²) in [4.78, 5) is 3.67. The number of allylic oxidation sites excluding steroid dienone is 1. The van der Waals surface area contributed by atoms with Crippen LogP contribution in [0.5, 0.6) is 5.75 Å². The SMILES string of the molecule is C/C=C1/C[N+]2(C)[C@H]3C[C@H]1[C@@H](CO)[C@@H]2Cc1c3[nH]c2ccc(O)cc12. The number of aliphatic hydroxyl groups is 1. The summed E-state index contributed by atoms with van der Waals surface area (Å²) in [6.07, 6.45) is 4.39. The van der Waals surface area contributed by atoms with Crippen LogP contribution in [-0.4, -0.2) is 45.9 Å². The van der Waals surface area contributed by atoms with Crippen LogP contribution in [0, 0.1) is 11.8 Å². The van der Waals surface area contributed by atoms with Crippen LogP contribution >= 0.6 is 0 Å². The second-order valence-corrected chi connectivity index (χ2v) is 8.09. The van der Waals surface area contributed by atoms with Gasteiger partial charge < -0.3 is 19.7 Å². The predicted octanol–water partition coefficient (Wildman–Crippen LogP) is 2.87. The highest BCUT2D eigenvalue weighted by Gasteiger charge is 2.61. The number of H-pyrrole nitrogens is 1. The average Bonchev–Trinajstić information content (AvgIpc) is 2.91. The number of aromatic hydroxyl groups is 1. The summed E-state index contributed by atoms with van der Waals surface area (Å²) >= 11 is 0. The first kappa shape index (κ1) is 14.6. The van der Waals surface area contributed by atoms with Gasteiger partial charge in [-0.1, -0.05) is 6.08 Å². The quantitative estimate of drug-likeness (QED) is 0.558. The number of phenols is 1. The monoisotopic (exact) mass is 325 g/mol. The molecule has 4 heteroatoms. The number of likely N-dealkylation sites (N-methyl/N-ethyl adjacent to an activating group) is 1. The standard InChI is InChI=1S/C20H24N2O2/c1-3-11-9-22(2)18-8-15-14-6-12(24)4-5-17(14)21-20(15)19(22)7-13(11)16(18)10-23/h3-6,13,16,18-19,21,23H,7-10H2,1-2H3/p+1/b11-3-/t13-,16-,18+,19+,22?/m1/s1. The summed E-state index contributed by atoms with van der Waals surface area (Å²) in [5.74, 6) is 1.20. The Morgan fingerprint density at radius 2 is 2.21 bits per heavy atom. The molecule has 1 unspecified atom stereocenters. The van der Waals surface area contributed by atoms with E-state index in [1.54, 1.807) is 6.07 Å². The Kier molecular flexibility index (Phi) is 2.82. The number of fused-ring (bicyclic) bond motifs is 4. The third-order valence-electron chi connectivity index (χ3n) is 7.21. The van der Waals surface area contributed by atoms with Gasteiger partial charge in [0.15, 0.2) is 0 Å². The molecule has 4 nitrogen and oxygen atoms in total. The number of aliphatic hydroxyl groups excluding tert-OH is 1.